The monoisotopic (exact) mass is 318 g/mol. The van der Waals surface area contributed by atoms with Gasteiger partial charge in [0.25, 0.3) is 0 Å². The molecule has 10 heteroatoms. The van der Waals surface area contributed by atoms with E-state index in [1.54, 1.807) is 0 Å². The van der Waals surface area contributed by atoms with Crippen molar-refractivity contribution in [2.24, 2.45) is 5.92 Å². The maximum atomic E-state index is 13.2. The smallest absolute Gasteiger partial charge is 0.403 e. The van der Waals surface area contributed by atoms with Crippen LogP contribution < -0.4 is 0 Å². The zero-order chi connectivity index (χ0) is 15.7. The molecule has 20 heavy (non-hydrogen) atoms. The van der Waals surface area contributed by atoms with Crippen molar-refractivity contribution in [1.29, 1.82) is 0 Å². The second kappa shape index (κ2) is 5.35. The molecule has 0 aliphatic rings. The summed E-state index contributed by atoms with van der Waals surface area (Å²) in [6, 6.07) is 1.19. The molecular weight excluding hydrogens is 311 g/mol. The first-order valence-electron chi connectivity index (χ1n) is 4.92. The lowest BCUT2D eigenvalue weighted by atomic mass is 10.2. The van der Waals surface area contributed by atoms with Crippen LogP contribution in [-0.4, -0.2) is 31.4 Å². The van der Waals surface area contributed by atoms with Gasteiger partial charge in [0.1, 0.15) is 16.5 Å². The predicted octanol–water partition coefficient (Wildman–Crippen LogP) is 2.00. The number of hydrogen-bond donors (Lipinski definition) is 1. The molecule has 0 radical (unpaired) electrons. The lowest BCUT2D eigenvalue weighted by molar-refractivity contribution is -0.189. The van der Waals surface area contributed by atoms with Gasteiger partial charge in [-0.2, -0.15) is 13.2 Å². The van der Waals surface area contributed by atoms with Crippen LogP contribution in [0.2, 0.25) is 0 Å². The second-order valence-electron chi connectivity index (χ2n) is 3.79. The van der Waals surface area contributed by atoms with Gasteiger partial charge in [0, 0.05) is 0 Å². The molecule has 0 aliphatic heterocycles. The summed E-state index contributed by atoms with van der Waals surface area (Å²) in [5.74, 6) is -10.2. The third-order valence-electron chi connectivity index (χ3n) is 2.31. The van der Waals surface area contributed by atoms with Crippen LogP contribution in [0.5, 0.6) is 0 Å². The first kappa shape index (κ1) is 16.3. The summed E-state index contributed by atoms with van der Waals surface area (Å²) in [5, 5.41) is 8.39. The Hall–Kier alpha value is -1.71. The molecule has 1 atom stereocenters. The molecule has 1 N–H and O–H groups in total. The van der Waals surface area contributed by atoms with Crippen molar-refractivity contribution < 1.29 is 40.3 Å². The van der Waals surface area contributed by atoms with Gasteiger partial charge in [-0.05, 0) is 18.2 Å². The van der Waals surface area contributed by atoms with Gasteiger partial charge in [-0.15, -0.1) is 0 Å². The normalized spacial score (nSPS) is 14.1. The fourth-order valence-electron chi connectivity index (χ4n) is 1.33. The van der Waals surface area contributed by atoms with Crippen LogP contribution in [0.3, 0.4) is 0 Å². The maximum Gasteiger partial charge on any atom is 0.403 e. The van der Waals surface area contributed by atoms with Gasteiger partial charge in [-0.25, -0.2) is 17.2 Å². The molecule has 0 amide bonds. The third kappa shape index (κ3) is 3.65. The quantitative estimate of drug-likeness (QED) is 0.862. The molecule has 0 aromatic heterocycles. The average Bonchev–Trinajstić information content (AvgIpc) is 2.27. The average molecular weight is 318 g/mol. The molecule has 0 saturated heterocycles. The molecule has 112 valence electrons. The van der Waals surface area contributed by atoms with E-state index in [1.165, 1.54) is 0 Å². The Morgan fingerprint density at radius 3 is 2.25 bits per heavy atom. The van der Waals surface area contributed by atoms with Crippen molar-refractivity contribution in [3.8, 4) is 0 Å². The van der Waals surface area contributed by atoms with Crippen LogP contribution in [0, 0.1) is 17.6 Å². The number of carbonyl (C=O) groups is 1. The van der Waals surface area contributed by atoms with Gasteiger partial charge in [-0.3, -0.25) is 4.79 Å². The lowest BCUT2D eigenvalue weighted by Crippen LogP contribution is -2.36. The topological polar surface area (TPSA) is 71.4 Å². The highest BCUT2D eigenvalue weighted by Gasteiger charge is 2.48. The molecule has 0 bridgehead atoms. The van der Waals surface area contributed by atoms with E-state index in [0.717, 1.165) is 0 Å². The summed E-state index contributed by atoms with van der Waals surface area (Å²) in [5.41, 5.74) is 0. The summed E-state index contributed by atoms with van der Waals surface area (Å²) in [4.78, 5) is 9.14. The molecule has 4 nitrogen and oxygen atoms in total. The van der Waals surface area contributed by atoms with Gasteiger partial charge in [0.2, 0.25) is 0 Å². The van der Waals surface area contributed by atoms with Crippen LogP contribution in [-0.2, 0) is 14.6 Å². The molecule has 0 spiro atoms. The van der Waals surface area contributed by atoms with Crippen LogP contribution in [0.1, 0.15) is 0 Å². The second-order valence-corrected chi connectivity index (χ2v) is 5.79. The van der Waals surface area contributed by atoms with Crippen molar-refractivity contribution in [3.63, 3.8) is 0 Å². The molecule has 1 rings (SSSR count). The van der Waals surface area contributed by atoms with Gasteiger partial charge >= 0.3 is 12.1 Å². The molecule has 1 aromatic carbocycles. The third-order valence-corrected chi connectivity index (χ3v) is 4.06. The molecule has 0 heterocycles. The van der Waals surface area contributed by atoms with Crippen LogP contribution >= 0.6 is 0 Å². The molecule has 0 fully saturated rings. The summed E-state index contributed by atoms with van der Waals surface area (Å²) >= 11 is 0. The van der Waals surface area contributed by atoms with Crippen LogP contribution in [0.4, 0.5) is 22.0 Å². The van der Waals surface area contributed by atoms with Gasteiger partial charge in [0.15, 0.2) is 15.8 Å². The summed E-state index contributed by atoms with van der Waals surface area (Å²) in [6.45, 7) is 0. The van der Waals surface area contributed by atoms with E-state index >= 15 is 0 Å². The number of halogens is 5. The fourth-order valence-corrected chi connectivity index (χ4v) is 2.94. The molecule has 0 aliphatic carbocycles. The van der Waals surface area contributed by atoms with Gasteiger partial charge < -0.3 is 5.11 Å². The zero-order valence-electron chi connectivity index (χ0n) is 9.49. The Kier molecular flexibility index (Phi) is 4.37. The fraction of sp³-hybridized carbons (Fsp3) is 0.300. The van der Waals surface area contributed by atoms with E-state index in [-0.39, 0.29) is 6.07 Å². The molecule has 0 saturated carbocycles. The number of sulfone groups is 1. The van der Waals surface area contributed by atoms with Crippen LogP contribution in [0.15, 0.2) is 23.1 Å². The highest BCUT2D eigenvalue weighted by atomic mass is 32.2. The van der Waals surface area contributed by atoms with E-state index in [2.05, 4.69) is 0 Å². The minimum atomic E-state index is -5.33. The Morgan fingerprint density at radius 1 is 1.25 bits per heavy atom. The summed E-state index contributed by atoms with van der Waals surface area (Å²) in [7, 11) is -4.96. The zero-order valence-corrected chi connectivity index (χ0v) is 10.3. The van der Waals surface area contributed by atoms with E-state index < -0.39 is 50.2 Å². The Balaban J connectivity index is 3.24. The SMILES string of the molecule is O=C(O)C(CS(=O)(=O)c1cc(F)ccc1F)C(F)(F)F. The van der Waals surface area contributed by atoms with Crippen molar-refractivity contribution in [1.82, 2.24) is 0 Å². The highest BCUT2D eigenvalue weighted by molar-refractivity contribution is 7.91. The van der Waals surface area contributed by atoms with Crippen molar-refractivity contribution in [2.75, 3.05) is 5.75 Å². The Morgan fingerprint density at radius 2 is 1.80 bits per heavy atom. The van der Waals surface area contributed by atoms with Crippen molar-refractivity contribution in [3.05, 3.63) is 29.8 Å². The minimum absolute atomic E-state index is 0.194. The maximum absolute atomic E-state index is 13.2. The summed E-state index contributed by atoms with van der Waals surface area (Å²) in [6.07, 6.45) is -5.33. The number of carboxylic acids is 1. The number of carboxylic acid groups (broad SMARTS) is 1. The summed E-state index contributed by atoms with van der Waals surface area (Å²) < 4.78 is 86.4. The predicted molar refractivity (Wildman–Crippen MR) is 55.6 cm³/mol. The van der Waals surface area contributed by atoms with Crippen molar-refractivity contribution in [2.45, 2.75) is 11.1 Å². The molecule has 1 aromatic rings. The number of hydrogen-bond acceptors (Lipinski definition) is 3. The Labute approximate surface area is 109 Å². The minimum Gasteiger partial charge on any atom is -0.481 e. The standard InChI is InChI=1S/C10H7F5O4S/c11-5-1-2-7(12)8(3-5)20(18,19)4-6(9(16)17)10(13,14)15/h1-3,6H,4H2,(H,16,17). The number of benzene rings is 1. The largest absolute Gasteiger partial charge is 0.481 e. The first-order chi connectivity index (χ1) is 8.95. The van der Waals surface area contributed by atoms with E-state index in [4.69, 9.17) is 5.11 Å². The van der Waals surface area contributed by atoms with Crippen molar-refractivity contribution >= 4 is 15.8 Å². The van der Waals surface area contributed by atoms with E-state index in [9.17, 15) is 35.2 Å². The van der Waals surface area contributed by atoms with Gasteiger partial charge in [-0.1, -0.05) is 0 Å². The lowest BCUT2D eigenvalue weighted by Gasteiger charge is -2.16. The van der Waals surface area contributed by atoms with Gasteiger partial charge in [0.05, 0.1) is 5.75 Å². The highest BCUT2D eigenvalue weighted by Crippen LogP contribution is 2.30. The number of aliphatic carboxylic acids is 1. The number of rotatable bonds is 4. The van der Waals surface area contributed by atoms with E-state index in [1.807, 2.05) is 0 Å². The van der Waals surface area contributed by atoms with Crippen LogP contribution in [0.25, 0.3) is 0 Å². The Bertz CT molecular complexity index is 623. The molecular formula is C10H7F5O4S. The first-order valence-corrected chi connectivity index (χ1v) is 6.57. The number of alkyl halides is 3. The van der Waals surface area contributed by atoms with E-state index in [0.29, 0.717) is 12.1 Å². The molecule has 1 unspecified atom stereocenters.